The molecule has 0 aromatic heterocycles. The zero-order valence-electron chi connectivity index (χ0n) is 14.0. The Morgan fingerprint density at radius 1 is 1.30 bits per heavy atom. The number of rotatable bonds is 7. The van der Waals surface area contributed by atoms with Crippen molar-refractivity contribution in [1.29, 1.82) is 0 Å². The van der Waals surface area contributed by atoms with Gasteiger partial charge in [0.05, 0.1) is 0 Å². The van der Waals surface area contributed by atoms with Crippen LogP contribution in [0, 0.1) is 0 Å². The van der Waals surface area contributed by atoms with Crippen LogP contribution in [0.4, 0.5) is 8.78 Å². The molecule has 130 valence electrons. The molecule has 1 aliphatic heterocycles. The lowest BCUT2D eigenvalue weighted by molar-refractivity contribution is -0.0499. The van der Waals surface area contributed by atoms with E-state index in [0.717, 1.165) is 38.2 Å². The molecule has 4 nitrogen and oxygen atoms in total. The second-order valence-electron chi connectivity index (χ2n) is 6.28. The molecule has 1 heterocycles. The molecule has 0 aliphatic carbocycles. The Kier molecular flexibility index (Phi) is 6.33. The van der Waals surface area contributed by atoms with E-state index in [1.807, 2.05) is 13.0 Å². The minimum Gasteiger partial charge on any atom is -0.435 e. The summed E-state index contributed by atoms with van der Waals surface area (Å²) in [7, 11) is 4.18. The minimum absolute atomic E-state index is 0.0518. The van der Waals surface area contributed by atoms with Crippen molar-refractivity contribution in [1.82, 2.24) is 10.2 Å². The number of hydrogen-bond acceptors (Lipinski definition) is 4. The summed E-state index contributed by atoms with van der Waals surface area (Å²) in [4.78, 5) is 2.26. The number of likely N-dealkylation sites (N-methyl/N-ethyl adjacent to an activating group) is 1. The molecule has 1 aromatic rings. The summed E-state index contributed by atoms with van der Waals surface area (Å²) in [5.41, 5.74) is 1.01. The molecule has 0 spiro atoms. The molecule has 1 N–H and O–H groups in total. The summed E-state index contributed by atoms with van der Waals surface area (Å²) in [6.07, 6.45) is 1.96. The first-order valence-electron chi connectivity index (χ1n) is 7.96. The Labute approximate surface area is 136 Å². The highest BCUT2D eigenvalue weighted by Crippen LogP contribution is 2.27. The van der Waals surface area contributed by atoms with Crippen LogP contribution in [-0.2, 0) is 4.74 Å². The molecule has 1 atom stereocenters. The third kappa shape index (κ3) is 4.86. The summed E-state index contributed by atoms with van der Waals surface area (Å²) in [6, 6.07) is 6.91. The van der Waals surface area contributed by atoms with Crippen molar-refractivity contribution in [2.45, 2.75) is 38.0 Å². The maximum Gasteiger partial charge on any atom is 0.387 e. The molecule has 1 fully saturated rings. The summed E-state index contributed by atoms with van der Waals surface area (Å²) in [5.74, 6) is 0.194. The Morgan fingerprint density at radius 2 is 2.00 bits per heavy atom. The monoisotopic (exact) mass is 328 g/mol. The number of benzene rings is 1. The highest BCUT2D eigenvalue weighted by molar-refractivity contribution is 5.30. The molecule has 0 saturated carbocycles. The number of nitrogens with one attached hydrogen (secondary N) is 1. The lowest BCUT2D eigenvalue weighted by Gasteiger charge is -2.43. The molecule has 23 heavy (non-hydrogen) atoms. The van der Waals surface area contributed by atoms with Crippen molar-refractivity contribution in [2.75, 3.05) is 33.9 Å². The largest absolute Gasteiger partial charge is 0.435 e. The van der Waals surface area contributed by atoms with Crippen molar-refractivity contribution in [3.63, 3.8) is 0 Å². The second-order valence-corrected chi connectivity index (χ2v) is 6.28. The van der Waals surface area contributed by atoms with E-state index in [4.69, 9.17) is 4.74 Å². The van der Waals surface area contributed by atoms with Crippen molar-refractivity contribution in [3.05, 3.63) is 29.8 Å². The third-order valence-corrected chi connectivity index (χ3v) is 4.69. The van der Waals surface area contributed by atoms with Crippen molar-refractivity contribution in [2.24, 2.45) is 0 Å². The van der Waals surface area contributed by atoms with Gasteiger partial charge in [0.1, 0.15) is 5.75 Å². The Morgan fingerprint density at radius 3 is 2.61 bits per heavy atom. The van der Waals surface area contributed by atoms with Gasteiger partial charge in [-0.3, -0.25) is 0 Å². The van der Waals surface area contributed by atoms with Gasteiger partial charge in [-0.05, 0) is 51.6 Å². The van der Waals surface area contributed by atoms with Crippen LogP contribution in [0.1, 0.15) is 31.4 Å². The summed E-state index contributed by atoms with van der Waals surface area (Å²) in [5, 5.41) is 3.53. The van der Waals surface area contributed by atoms with Crippen LogP contribution in [0.3, 0.4) is 0 Å². The summed E-state index contributed by atoms with van der Waals surface area (Å²) in [6.45, 7) is 1.60. The molecular weight excluding hydrogens is 302 g/mol. The van der Waals surface area contributed by atoms with Crippen molar-refractivity contribution >= 4 is 0 Å². The fraction of sp³-hybridized carbons (Fsp3) is 0.647. The van der Waals surface area contributed by atoms with E-state index in [1.54, 1.807) is 18.2 Å². The predicted molar refractivity (Wildman–Crippen MR) is 86.0 cm³/mol. The lowest BCUT2D eigenvalue weighted by Crippen LogP contribution is -2.55. The van der Waals surface area contributed by atoms with E-state index in [9.17, 15) is 8.78 Å². The quantitative estimate of drug-likeness (QED) is 0.834. The van der Waals surface area contributed by atoms with Gasteiger partial charge in [-0.2, -0.15) is 8.78 Å². The van der Waals surface area contributed by atoms with Gasteiger partial charge in [0, 0.05) is 31.3 Å². The Hall–Kier alpha value is -1.24. The van der Waals surface area contributed by atoms with Crippen LogP contribution in [0.5, 0.6) is 5.75 Å². The van der Waals surface area contributed by atoms with Gasteiger partial charge in [-0.1, -0.05) is 12.1 Å². The van der Waals surface area contributed by atoms with Gasteiger partial charge >= 0.3 is 6.61 Å². The molecule has 1 aromatic carbocycles. The van der Waals surface area contributed by atoms with Crippen LogP contribution in [-0.4, -0.2) is 50.9 Å². The van der Waals surface area contributed by atoms with Crippen LogP contribution < -0.4 is 10.1 Å². The first-order chi connectivity index (χ1) is 10.9. The van der Waals surface area contributed by atoms with E-state index in [1.165, 1.54) is 0 Å². The highest BCUT2D eigenvalue weighted by atomic mass is 19.3. The van der Waals surface area contributed by atoms with Crippen molar-refractivity contribution in [3.8, 4) is 5.75 Å². The van der Waals surface area contributed by atoms with E-state index in [2.05, 4.69) is 29.0 Å². The third-order valence-electron chi connectivity index (χ3n) is 4.69. The van der Waals surface area contributed by atoms with Gasteiger partial charge < -0.3 is 19.7 Å². The smallest absolute Gasteiger partial charge is 0.387 e. The Bertz CT molecular complexity index is 491. The number of nitrogens with zero attached hydrogens (tertiary/aromatic N) is 1. The average Bonchev–Trinajstić information content (AvgIpc) is 2.53. The topological polar surface area (TPSA) is 33.7 Å². The number of alkyl halides is 2. The fourth-order valence-electron chi connectivity index (χ4n) is 2.95. The van der Waals surface area contributed by atoms with E-state index >= 15 is 0 Å². The molecule has 0 unspecified atom stereocenters. The molecule has 0 radical (unpaired) electrons. The predicted octanol–water partition coefficient (Wildman–Crippen LogP) is 3.05. The number of hydrogen-bond donors (Lipinski definition) is 1. The highest BCUT2D eigenvalue weighted by Gasteiger charge is 2.34. The van der Waals surface area contributed by atoms with E-state index in [0.29, 0.717) is 0 Å². The Balaban J connectivity index is 1.99. The first-order valence-corrected chi connectivity index (χ1v) is 7.96. The van der Waals surface area contributed by atoms with Crippen LogP contribution >= 0.6 is 0 Å². The van der Waals surface area contributed by atoms with E-state index < -0.39 is 6.61 Å². The second kappa shape index (κ2) is 8.04. The molecule has 2 rings (SSSR count). The normalized spacial score (nSPS) is 19.1. The first kappa shape index (κ1) is 18.1. The van der Waals surface area contributed by atoms with Gasteiger partial charge in [-0.15, -0.1) is 0 Å². The zero-order valence-corrected chi connectivity index (χ0v) is 14.0. The minimum atomic E-state index is -2.80. The zero-order chi connectivity index (χ0) is 16.9. The number of halogens is 2. The summed E-state index contributed by atoms with van der Waals surface area (Å²) < 4.78 is 34.6. The van der Waals surface area contributed by atoms with Gasteiger partial charge in [0.25, 0.3) is 0 Å². The van der Waals surface area contributed by atoms with Gasteiger partial charge in [-0.25, -0.2) is 0 Å². The SMILES string of the molecule is C[C@@H](NCC1(N(C)C)CCOCC1)c1cccc(OC(F)F)c1. The molecule has 0 amide bonds. The maximum atomic E-state index is 12.3. The van der Waals surface area contributed by atoms with Crippen molar-refractivity contribution < 1.29 is 18.3 Å². The standard InChI is InChI=1S/C17H26F2N2O2/c1-13(14-5-4-6-15(11-14)23-16(18)19)20-12-17(21(2)3)7-9-22-10-8-17/h4-6,11,13,16,20H,7-10,12H2,1-3H3/t13-/m1/s1. The van der Waals surface area contributed by atoms with Crippen LogP contribution in [0.2, 0.25) is 0 Å². The van der Waals surface area contributed by atoms with Gasteiger partial charge in [0.2, 0.25) is 0 Å². The molecular formula is C17H26F2N2O2. The van der Waals surface area contributed by atoms with Gasteiger partial charge in [0.15, 0.2) is 0 Å². The fourth-order valence-corrected chi connectivity index (χ4v) is 2.95. The molecule has 6 heteroatoms. The molecule has 0 bridgehead atoms. The van der Waals surface area contributed by atoms with E-state index in [-0.39, 0.29) is 17.3 Å². The van der Waals surface area contributed by atoms with Crippen LogP contribution in [0.15, 0.2) is 24.3 Å². The molecule has 1 aliphatic rings. The lowest BCUT2D eigenvalue weighted by atomic mass is 9.88. The summed E-state index contributed by atoms with van der Waals surface area (Å²) >= 11 is 0. The average molecular weight is 328 g/mol. The number of ether oxygens (including phenoxy) is 2. The maximum absolute atomic E-state index is 12.3. The molecule has 1 saturated heterocycles. The van der Waals surface area contributed by atoms with Crippen LogP contribution in [0.25, 0.3) is 0 Å².